The van der Waals surface area contributed by atoms with E-state index in [-0.39, 0.29) is 5.91 Å². The number of hydrogen-bond donors (Lipinski definition) is 3. The van der Waals surface area contributed by atoms with Gasteiger partial charge in [-0.15, -0.1) is 0 Å². The Labute approximate surface area is 157 Å². The van der Waals surface area contributed by atoms with E-state index >= 15 is 0 Å². The molecule has 8 heteroatoms. The third-order valence-corrected chi connectivity index (χ3v) is 5.40. The Bertz CT molecular complexity index is 756. The lowest BCUT2D eigenvalue weighted by atomic mass is 9.77. The highest BCUT2D eigenvalue weighted by Gasteiger charge is 2.52. The minimum atomic E-state index is -1.02. The van der Waals surface area contributed by atoms with Crippen molar-refractivity contribution < 1.29 is 19.2 Å². The maximum absolute atomic E-state index is 12.8. The lowest BCUT2D eigenvalue weighted by Gasteiger charge is -2.33. The molecule has 1 aromatic rings. The predicted molar refractivity (Wildman–Crippen MR) is 97.1 cm³/mol. The van der Waals surface area contributed by atoms with Crippen molar-refractivity contribution in [1.29, 1.82) is 0 Å². The van der Waals surface area contributed by atoms with Gasteiger partial charge in [0.05, 0.1) is 0 Å². The van der Waals surface area contributed by atoms with Crippen molar-refractivity contribution >= 4 is 23.8 Å². The number of rotatable bonds is 5. The standard InChI is InChI=1S/C19H24N4O4/c1-12-7-9-19(10-8-12)17(26)23(18(27)22-19)11-14(24)21-15(16(20)25)13-5-3-2-4-6-13/h2-6,12,15H,7-11H2,1H3,(H2,20,25)(H,21,24)(H,22,27). The summed E-state index contributed by atoms with van der Waals surface area (Å²) in [5.41, 5.74) is 5.03. The zero-order valence-corrected chi connectivity index (χ0v) is 15.2. The Morgan fingerprint density at radius 1 is 1.26 bits per heavy atom. The van der Waals surface area contributed by atoms with Gasteiger partial charge in [-0.3, -0.25) is 19.3 Å². The molecular weight excluding hydrogens is 348 g/mol. The van der Waals surface area contributed by atoms with Crippen molar-refractivity contribution in [2.75, 3.05) is 6.54 Å². The van der Waals surface area contributed by atoms with Crippen LogP contribution in [0.2, 0.25) is 0 Å². The van der Waals surface area contributed by atoms with E-state index in [0.29, 0.717) is 24.3 Å². The van der Waals surface area contributed by atoms with Crippen molar-refractivity contribution in [2.45, 2.75) is 44.2 Å². The number of amides is 5. The fourth-order valence-electron chi connectivity index (χ4n) is 3.73. The molecular formula is C19H24N4O4. The summed E-state index contributed by atoms with van der Waals surface area (Å²) in [5.74, 6) is -1.19. The Hall–Kier alpha value is -2.90. The molecule has 1 unspecified atom stereocenters. The lowest BCUT2D eigenvalue weighted by molar-refractivity contribution is -0.136. The molecule has 1 aliphatic carbocycles. The van der Waals surface area contributed by atoms with Crippen LogP contribution in [0.5, 0.6) is 0 Å². The summed E-state index contributed by atoms with van der Waals surface area (Å²) in [6.07, 6.45) is 2.85. The number of primary amides is 1. The molecule has 8 nitrogen and oxygen atoms in total. The summed E-state index contributed by atoms with van der Waals surface area (Å²) >= 11 is 0. The minimum absolute atomic E-state index is 0.370. The van der Waals surface area contributed by atoms with Gasteiger partial charge in [0.25, 0.3) is 5.91 Å². The molecule has 0 bridgehead atoms. The lowest BCUT2D eigenvalue weighted by Crippen LogP contribution is -2.50. The number of imide groups is 1. The number of hydrogen-bond acceptors (Lipinski definition) is 4. The summed E-state index contributed by atoms with van der Waals surface area (Å²) < 4.78 is 0. The highest BCUT2D eigenvalue weighted by Crippen LogP contribution is 2.36. The van der Waals surface area contributed by atoms with Crippen molar-refractivity contribution in [3.8, 4) is 0 Å². The van der Waals surface area contributed by atoms with Gasteiger partial charge in [-0.1, -0.05) is 37.3 Å². The maximum atomic E-state index is 12.8. The first-order valence-electron chi connectivity index (χ1n) is 9.10. The fraction of sp³-hybridized carbons (Fsp3) is 0.474. The smallest absolute Gasteiger partial charge is 0.325 e. The Kier molecular flexibility index (Phi) is 5.16. The van der Waals surface area contributed by atoms with Gasteiger partial charge in [0.1, 0.15) is 18.1 Å². The summed E-state index contributed by atoms with van der Waals surface area (Å²) in [6.45, 7) is 1.67. The second-order valence-electron chi connectivity index (χ2n) is 7.40. The van der Waals surface area contributed by atoms with Crippen LogP contribution in [0.15, 0.2) is 30.3 Å². The van der Waals surface area contributed by atoms with Gasteiger partial charge in [0.15, 0.2) is 0 Å². The highest BCUT2D eigenvalue weighted by molar-refractivity contribution is 6.09. The minimum Gasteiger partial charge on any atom is -0.368 e. The Balaban J connectivity index is 1.67. The molecule has 2 fully saturated rings. The Morgan fingerprint density at radius 2 is 1.89 bits per heavy atom. The molecule has 1 saturated heterocycles. The average molecular weight is 372 g/mol. The van der Waals surface area contributed by atoms with E-state index in [0.717, 1.165) is 17.7 Å². The highest BCUT2D eigenvalue weighted by atomic mass is 16.2. The zero-order valence-electron chi connectivity index (χ0n) is 15.2. The van der Waals surface area contributed by atoms with Crippen molar-refractivity contribution in [3.05, 3.63) is 35.9 Å². The number of nitrogens with two attached hydrogens (primary N) is 1. The van der Waals surface area contributed by atoms with E-state index in [1.54, 1.807) is 30.3 Å². The van der Waals surface area contributed by atoms with E-state index in [1.807, 2.05) is 0 Å². The van der Waals surface area contributed by atoms with Gasteiger partial charge in [-0.25, -0.2) is 4.79 Å². The molecule has 1 aliphatic heterocycles. The largest absolute Gasteiger partial charge is 0.368 e. The molecule has 1 aromatic carbocycles. The molecule has 4 N–H and O–H groups in total. The van der Waals surface area contributed by atoms with Gasteiger partial charge in [0.2, 0.25) is 11.8 Å². The van der Waals surface area contributed by atoms with Crippen LogP contribution in [0.3, 0.4) is 0 Å². The number of nitrogens with zero attached hydrogens (tertiary/aromatic N) is 1. The monoisotopic (exact) mass is 372 g/mol. The molecule has 1 spiro atoms. The van der Waals surface area contributed by atoms with E-state index in [1.165, 1.54) is 0 Å². The first kappa shape index (κ1) is 18.9. The number of urea groups is 1. The summed E-state index contributed by atoms with van der Waals surface area (Å²) in [7, 11) is 0. The fourth-order valence-corrected chi connectivity index (χ4v) is 3.73. The van der Waals surface area contributed by atoms with Gasteiger partial charge in [-0.2, -0.15) is 0 Å². The van der Waals surface area contributed by atoms with E-state index in [9.17, 15) is 19.2 Å². The van der Waals surface area contributed by atoms with Crippen LogP contribution in [0.25, 0.3) is 0 Å². The SMILES string of the molecule is CC1CCC2(CC1)NC(=O)N(CC(=O)NC(C(N)=O)c1ccccc1)C2=O. The van der Waals surface area contributed by atoms with Gasteiger partial charge >= 0.3 is 6.03 Å². The molecule has 1 heterocycles. The second kappa shape index (κ2) is 7.38. The summed E-state index contributed by atoms with van der Waals surface area (Å²) in [4.78, 5) is 50.1. The second-order valence-corrected chi connectivity index (χ2v) is 7.40. The summed E-state index contributed by atoms with van der Waals surface area (Å²) in [5, 5.41) is 5.28. The van der Waals surface area contributed by atoms with E-state index in [2.05, 4.69) is 17.6 Å². The topological polar surface area (TPSA) is 122 Å². The third-order valence-electron chi connectivity index (χ3n) is 5.40. The average Bonchev–Trinajstić information content (AvgIpc) is 2.87. The third kappa shape index (κ3) is 3.79. The van der Waals surface area contributed by atoms with Crippen molar-refractivity contribution in [2.24, 2.45) is 11.7 Å². The van der Waals surface area contributed by atoms with Crippen LogP contribution >= 0.6 is 0 Å². The molecule has 0 aromatic heterocycles. The zero-order chi connectivity index (χ0) is 19.6. The number of nitrogens with one attached hydrogen (secondary N) is 2. The van der Waals surface area contributed by atoms with E-state index in [4.69, 9.17) is 5.73 Å². The van der Waals surface area contributed by atoms with Gasteiger partial charge < -0.3 is 16.4 Å². The van der Waals surface area contributed by atoms with Crippen LogP contribution in [-0.2, 0) is 14.4 Å². The first-order chi connectivity index (χ1) is 12.8. The van der Waals surface area contributed by atoms with Crippen molar-refractivity contribution in [3.63, 3.8) is 0 Å². The maximum Gasteiger partial charge on any atom is 0.325 e. The first-order valence-corrected chi connectivity index (χ1v) is 9.10. The van der Waals surface area contributed by atoms with Crippen molar-refractivity contribution in [1.82, 2.24) is 15.5 Å². The molecule has 1 saturated carbocycles. The predicted octanol–water partition coefficient (Wildman–Crippen LogP) is 0.830. The quantitative estimate of drug-likeness (QED) is 0.663. The molecule has 3 rings (SSSR count). The van der Waals surface area contributed by atoms with Crippen LogP contribution in [-0.4, -0.2) is 40.7 Å². The van der Waals surface area contributed by atoms with Crippen LogP contribution in [0, 0.1) is 5.92 Å². The summed E-state index contributed by atoms with van der Waals surface area (Å²) in [6, 6.07) is 6.97. The molecule has 144 valence electrons. The number of benzene rings is 1. The molecule has 5 amide bonds. The van der Waals surface area contributed by atoms with Crippen LogP contribution in [0.1, 0.15) is 44.2 Å². The number of carbonyl (C=O) groups excluding carboxylic acids is 4. The molecule has 0 radical (unpaired) electrons. The normalized spacial score (nSPS) is 26.0. The van der Waals surface area contributed by atoms with Crippen LogP contribution < -0.4 is 16.4 Å². The molecule has 27 heavy (non-hydrogen) atoms. The van der Waals surface area contributed by atoms with E-state index < -0.39 is 36.0 Å². The Morgan fingerprint density at radius 3 is 2.48 bits per heavy atom. The van der Waals surface area contributed by atoms with Gasteiger partial charge in [0, 0.05) is 0 Å². The van der Waals surface area contributed by atoms with Crippen LogP contribution in [0.4, 0.5) is 4.79 Å². The molecule has 1 atom stereocenters. The van der Waals surface area contributed by atoms with Gasteiger partial charge in [-0.05, 0) is 37.2 Å². The molecule has 2 aliphatic rings. The number of carbonyl (C=O) groups is 4.